The van der Waals surface area contributed by atoms with Gasteiger partial charge in [-0.3, -0.25) is 10.1 Å². The predicted molar refractivity (Wildman–Crippen MR) is 85.4 cm³/mol. The highest BCUT2D eigenvalue weighted by atomic mass is 32.2. The Morgan fingerprint density at radius 2 is 2.05 bits per heavy atom. The van der Waals surface area contributed by atoms with Gasteiger partial charge in [-0.2, -0.15) is 0 Å². The lowest BCUT2D eigenvalue weighted by Crippen LogP contribution is -2.38. The average Bonchev–Trinajstić information content (AvgIpc) is 3.03. The van der Waals surface area contributed by atoms with E-state index in [0.29, 0.717) is 0 Å². The van der Waals surface area contributed by atoms with Gasteiger partial charge in [0, 0.05) is 24.7 Å². The topological polar surface area (TPSA) is 44.4 Å². The molecule has 0 bridgehead atoms. The summed E-state index contributed by atoms with van der Waals surface area (Å²) >= 11 is 1.77. The lowest BCUT2D eigenvalue weighted by Gasteiger charge is -2.30. The van der Waals surface area contributed by atoms with Gasteiger partial charge in [-0.25, -0.2) is 0 Å². The zero-order chi connectivity index (χ0) is 13.8. The Morgan fingerprint density at radius 1 is 1.25 bits per heavy atom. The Kier molecular flexibility index (Phi) is 4.47. The number of para-hydroxylation sites is 2. The molecule has 1 atom stereocenters. The molecule has 3 rings (SSSR count). The van der Waals surface area contributed by atoms with E-state index in [0.717, 1.165) is 36.1 Å². The molecule has 1 unspecified atom stereocenters. The van der Waals surface area contributed by atoms with Crippen LogP contribution >= 0.6 is 11.8 Å². The summed E-state index contributed by atoms with van der Waals surface area (Å²) in [4.78, 5) is 14.6. The molecule has 1 aromatic rings. The van der Waals surface area contributed by atoms with Crippen molar-refractivity contribution in [2.24, 2.45) is 0 Å². The van der Waals surface area contributed by atoms with Crippen LogP contribution in [-0.4, -0.2) is 36.7 Å². The fourth-order valence-electron chi connectivity index (χ4n) is 2.77. The molecule has 2 N–H and O–H groups in total. The molecule has 2 fully saturated rings. The SMILES string of the molecule is O=C(Nc1ccccc1N1CCCCC1)C1CSCN1. The number of benzene rings is 1. The highest BCUT2D eigenvalue weighted by Gasteiger charge is 2.23. The van der Waals surface area contributed by atoms with Gasteiger partial charge >= 0.3 is 0 Å². The summed E-state index contributed by atoms with van der Waals surface area (Å²) < 4.78 is 0. The second-order valence-electron chi connectivity index (χ2n) is 5.33. The Morgan fingerprint density at radius 3 is 2.80 bits per heavy atom. The highest BCUT2D eigenvalue weighted by Crippen LogP contribution is 2.28. The highest BCUT2D eigenvalue weighted by molar-refractivity contribution is 7.99. The number of amides is 1. The first-order chi connectivity index (χ1) is 9.84. The largest absolute Gasteiger partial charge is 0.370 e. The summed E-state index contributed by atoms with van der Waals surface area (Å²) in [6, 6.07) is 8.08. The molecular formula is C15H21N3OS. The Labute approximate surface area is 124 Å². The van der Waals surface area contributed by atoms with Gasteiger partial charge in [-0.1, -0.05) is 12.1 Å². The molecule has 1 amide bonds. The molecule has 5 heteroatoms. The molecule has 108 valence electrons. The monoisotopic (exact) mass is 291 g/mol. The van der Waals surface area contributed by atoms with Crippen molar-refractivity contribution in [1.29, 1.82) is 0 Å². The van der Waals surface area contributed by atoms with Gasteiger partial charge in [0.2, 0.25) is 5.91 Å². The number of anilines is 2. The molecule has 0 radical (unpaired) electrons. The first-order valence-electron chi connectivity index (χ1n) is 7.30. The molecule has 0 aliphatic carbocycles. The van der Waals surface area contributed by atoms with E-state index in [4.69, 9.17) is 0 Å². The zero-order valence-corrected chi connectivity index (χ0v) is 12.4. The van der Waals surface area contributed by atoms with E-state index in [1.165, 1.54) is 19.3 Å². The third kappa shape index (κ3) is 3.10. The lowest BCUT2D eigenvalue weighted by atomic mass is 10.1. The van der Waals surface area contributed by atoms with Crippen molar-refractivity contribution < 1.29 is 4.79 Å². The Hall–Kier alpha value is -1.20. The Balaban J connectivity index is 1.73. The minimum atomic E-state index is -0.0607. The van der Waals surface area contributed by atoms with Crippen LogP contribution in [0.25, 0.3) is 0 Å². The third-order valence-corrected chi connectivity index (χ3v) is 4.83. The van der Waals surface area contributed by atoms with E-state index in [2.05, 4.69) is 21.6 Å². The summed E-state index contributed by atoms with van der Waals surface area (Å²) in [6.45, 7) is 2.18. The number of piperidine rings is 1. The number of carbonyl (C=O) groups excluding carboxylic acids is 1. The van der Waals surface area contributed by atoms with Gasteiger partial charge in [0.1, 0.15) is 0 Å². The fraction of sp³-hybridized carbons (Fsp3) is 0.533. The summed E-state index contributed by atoms with van der Waals surface area (Å²) in [7, 11) is 0. The van der Waals surface area contributed by atoms with Gasteiger partial charge in [-0.05, 0) is 31.4 Å². The van der Waals surface area contributed by atoms with Crippen LogP contribution in [0, 0.1) is 0 Å². The molecule has 0 aromatic heterocycles. The maximum atomic E-state index is 12.2. The Bertz CT molecular complexity index is 468. The minimum Gasteiger partial charge on any atom is -0.370 e. The smallest absolute Gasteiger partial charge is 0.242 e. The molecule has 0 saturated carbocycles. The number of hydrogen-bond acceptors (Lipinski definition) is 4. The third-order valence-electron chi connectivity index (χ3n) is 3.89. The fourth-order valence-corrected chi connectivity index (χ4v) is 3.72. The molecular weight excluding hydrogens is 270 g/mol. The molecule has 1 aromatic carbocycles. The molecule has 2 heterocycles. The number of nitrogens with zero attached hydrogens (tertiary/aromatic N) is 1. The van der Waals surface area contributed by atoms with Crippen molar-refractivity contribution >= 4 is 29.0 Å². The van der Waals surface area contributed by atoms with Gasteiger partial charge in [0.25, 0.3) is 0 Å². The average molecular weight is 291 g/mol. The summed E-state index contributed by atoms with van der Waals surface area (Å²) in [6.07, 6.45) is 3.79. The maximum absolute atomic E-state index is 12.2. The first kappa shape index (κ1) is 13.8. The van der Waals surface area contributed by atoms with E-state index in [9.17, 15) is 4.79 Å². The van der Waals surface area contributed by atoms with Crippen molar-refractivity contribution in [3.05, 3.63) is 24.3 Å². The molecule has 2 aliphatic rings. The molecule has 2 saturated heterocycles. The van der Waals surface area contributed by atoms with Gasteiger partial charge in [0.15, 0.2) is 0 Å². The minimum absolute atomic E-state index is 0.0607. The van der Waals surface area contributed by atoms with Crippen LogP contribution in [-0.2, 0) is 4.79 Å². The molecule has 4 nitrogen and oxygen atoms in total. The predicted octanol–water partition coefficient (Wildman–Crippen LogP) is 2.28. The van der Waals surface area contributed by atoms with Crippen LogP contribution in [0.4, 0.5) is 11.4 Å². The summed E-state index contributed by atoms with van der Waals surface area (Å²) in [5, 5.41) is 6.31. The summed E-state index contributed by atoms with van der Waals surface area (Å²) in [5.74, 6) is 1.81. The van der Waals surface area contributed by atoms with Crippen LogP contribution < -0.4 is 15.5 Å². The number of carbonyl (C=O) groups is 1. The second kappa shape index (κ2) is 6.50. The van der Waals surface area contributed by atoms with E-state index >= 15 is 0 Å². The molecule has 0 spiro atoms. The van der Waals surface area contributed by atoms with Crippen LogP contribution in [0.15, 0.2) is 24.3 Å². The van der Waals surface area contributed by atoms with Crippen molar-refractivity contribution in [2.75, 3.05) is 34.9 Å². The molecule has 2 aliphatic heterocycles. The number of nitrogens with one attached hydrogen (secondary N) is 2. The van der Waals surface area contributed by atoms with E-state index in [1.807, 2.05) is 18.2 Å². The van der Waals surface area contributed by atoms with Crippen molar-refractivity contribution in [3.8, 4) is 0 Å². The zero-order valence-electron chi connectivity index (χ0n) is 11.6. The first-order valence-corrected chi connectivity index (χ1v) is 8.46. The number of thioether (sulfide) groups is 1. The van der Waals surface area contributed by atoms with Crippen LogP contribution in [0.3, 0.4) is 0 Å². The number of rotatable bonds is 3. The normalized spacial score (nSPS) is 22.8. The van der Waals surface area contributed by atoms with E-state index < -0.39 is 0 Å². The van der Waals surface area contributed by atoms with Crippen molar-refractivity contribution in [1.82, 2.24) is 5.32 Å². The van der Waals surface area contributed by atoms with Gasteiger partial charge in [0.05, 0.1) is 17.4 Å². The van der Waals surface area contributed by atoms with Gasteiger partial charge < -0.3 is 10.2 Å². The van der Waals surface area contributed by atoms with Crippen molar-refractivity contribution in [3.63, 3.8) is 0 Å². The van der Waals surface area contributed by atoms with Crippen LogP contribution in [0.2, 0.25) is 0 Å². The van der Waals surface area contributed by atoms with E-state index in [1.54, 1.807) is 11.8 Å². The molecule has 20 heavy (non-hydrogen) atoms. The standard InChI is InChI=1S/C15H21N3OS/c19-15(13-10-20-11-16-13)17-12-6-2-3-7-14(12)18-8-4-1-5-9-18/h2-3,6-7,13,16H,1,4-5,8-11H2,(H,17,19). The van der Waals surface area contributed by atoms with Crippen molar-refractivity contribution in [2.45, 2.75) is 25.3 Å². The van der Waals surface area contributed by atoms with Crippen LogP contribution in [0.5, 0.6) is 0 Å². The maximum Gasteiger partial charge on any atom is 0.242 e. The number of hydrogen-bond donors (Lipinski definition) is 2. The van der Waals surface area contributed by atoms with Gasteiger partial charge in [-0.15, -0.1) is 11.8 Å². The van der Waals surface area contributed by atoms with E-state index in [-0.39, 0.29) is 11.9 Å². The second-order valence-corrected chi connectivity index (χ2v) is 6.36. The summed E-state index contributed by atoms with van der Waals surface area (Å²) in [5.41, 5.74) is 2.10. The quantitative estimate of drug-likeness (QED) is 0.897. The van der Waals surface area contributed by atoms with Crippen LogP contribution in [0.1, 0.15) is 19.3 Å². The lowest BCUT2D eigenvalue weighted by molar-refractivity contribution is -0.117.